The number of rotatable bonds is 8. The van der Waals surface area contributed by atoms with Crippen molar-refractivity contribution in [2.24, 2.45) is 45.3 Å². The van der Waals surface area contributed by atoms with Crippen molar-refractivity contribution in [3.8, 4) is 0 Å². The molecule has 8 aliphatic rings. The highest BCUT2D eigenvalue weighted by atomic mass is 16.5. The van der Waals surface area contributed by atoms with Gasteiger partial charge in [-0.1, -0.05) is 130 Å². The highest BCUT2D eigenvalue weighted by Gasteiger charge is 2.57. The maximum Gasteiger partial charge on any atom is 0.0746 e. The summed E-state index contributed by atoms with van der Waals surface area (Å²) in [6.07, 6.45) is 29.2. The molecule has 0 radical (unpaired) electrons. The van der Waals surface area contributed by atoms with Gasteiger partial charge in [0.05, 0.1) is 48.8 Å². The van der Waals surface area contributed by atoms with Crippen molar-refractivity contribution in [2.45, 2.75) is 236 Å². The third-order valence-corrected chi connectivity index (χ3v) is 19.0. The van der Waals surface area contributed by atoms with Crippen molar-refractivity contribution in [1.82, 2.24) is 0 Å². The van der Waals surface area contributed by atoms with Gasteiger partial charge < -0.3 is 18.9 Å². The predicted molar refractivity (Wildman–Crippen MR) is 255 cm³/mol. The summed E-state index contributed by atoms with van der Waals surface area (Å²) in [5, 5.41) is 0. The molecule has 8 atom stereocenters. The second kappa shape index (κ2) is 19.1. The molecule has 0 saturated carbocycles. The molecular formula is C56H96O4. The maximum atomic E-state index is 6.20. The first-order valence-corrected chi connectivity index (χ1v) is 25.5. The van der Waals surface area contributed by atoms with E-state index in [-0.39, 0.29) is 22.4 Å². The molecule has 8 rings (SSSR count). The van der Waals surface area contributed by atoms with E-state index >= 15 is 0 Å². The second-order valence-corrected chi connectivity index (χ2v) is 22.8. The minimum absolute atomic E-state index is 0.135. The molecule has 0 bridgehead atoms. The van der Waals surface area contributed by atoms with E-state index in [1.165, 1.54) is 51.4 Å². The molecule has 4 aliphatic carbocycles. The number of allylic oxidation sites excluding steroid dienone is 6. The molecule has 8 unspecified atom stereocenters. The minimum atomic E-state index is 0.135. The van der Waals surface area contributed by atoms with Gasteiger partial charge in [-0.3, -0.25) is 0 Å². The Bertz CT molecular complexity index is 1550. The van der Waals surface area contributed by atoms with Crippen molar-refractivity contribution < 1.29 is 18.9 Å². The average molecular weight is 833 g/mol. The fourth-order valence-corrected chi connectivity index (χ4v) is 14.6. The summed E-state index contributed by atoms with van der Waals surface area (Å²) in [4.78, 5) is 0. The molecule has 4 aliphatic heterocycles. The zero-order valence-electron chi connectivity index (χ0n) is 42.4. The Hall–Kier alpha value is -1.20. The van der Waals surface area contributed by atoms with E-state index in [1.54, 1.807) is 22.3 Å². The molecule has 0 aromatic heterocycles. The van der Waals surface area contributed by atoms with E-state index in [2.05, 4.69) is 135 Å². The Balaban J connectivity index is 0.000000152. The highest BCUT2D eigenvalue weighted by molar-refractivity contribution is 5.21. The standard InChI is InChI=1S/4C14H24O/c2*1-5-14(6-2)12-9-11(3)7-8-13(12,4)10-15-14;2*1-5-14(6-2)12-8-7-11(3)9-13(12,4)10-15-14/h9,12H,5-8,10H2,1-4H3;7,12H,5-6,8-10H2,1-4H3;9,12H,5-8,10H2,1-4H3;7,12H,5-6,8-10H2,1-4H3. The predicted octanol–water partition coefficient (Wildman–Crippen LogP) is 15.8. The molecule has 0 aromatic rings. The summed E-state index contributed by atoms with van der Waals surface area (Å²) in [7, 11) is 0. The van der Waals surface area contributed by atoms with E-state index in [0.717, 1.165) is 95.5 Å². The lowest BCUT2D eigenvalue weighted by Gasteiger charge is -2.41. The lowest BCUT2D eigenvalue weighted by Crippen LogP contribution is -2.40. The topological polar surface area (TPSA) is 36.9 Å². The van der Waals surface area contributed by atoms with E-state index in [4.69, 9.17) is 18.9 Å². The third-order valence-electron chi connectivity index (χ3n) is 19.0. The Morgan fingerprint density at radius 2 is 1.00 bits per heavy atom. The van der Waals surface area contributed by atoms with Crippen LogP contribution in [0.3, 0.4) is 0 Å². The molecule has 0 spiro atoms. The fraction of sp³-hybridized carbons (Fsp3) is 0.857. The molecular weight excluding hydrogens is 737 g/mol. The summed E-state index contributed by atoms with van der Waals surface area (Å²) in [6.45, 7) is 40.7. The number of ether oxygens (including phenoxy) is 4. The van der Waals surface area contributed by atoms with Crippen LogP contribution in [0.15, 0.2) is 46.6 Å². The van der Waals surface area contributed by atoms with Crippen LogP contribution in [0.5, 0.6) is 0 Å². The summed E-state index contributed by atoms with van der Waals surface area (Å²) < 4.78 is 24.8. The number of hydrogen-bond donors (Lipinski definition) is 0. The van der Waals surface area contributed by atoms with Crippen LogP contribution in [-0.4, -0.2) is 48.8 Å². The molecule has 0 N–H and O–H groups in total. The molecule has 4 saturated heterocycles. The van der Waals surface area contributed by atoms with Crippen LogP contribution in [0.1, 0.15) is 214 Å². The van der Waals surface area contributed by atoms with Crippen molar-refractivity contribution in [2.75, 3.05) is 26.4 Å². The lowest BCUT2D eigenvalue weighted by molar-refractivity contribution is -0.0300. The summed E-state index contributed by atoms with van der Waals surface area (Å²) in [6, 6.07) is 0. The SMILES string of the molecule is CCC1(CC)OCC2(C)C=C(C)CCC21.CCC1(CC)OCC2(C)CC(C)=CCC21.CCC1(CC)OCC2(C)CC=C(C)CC21.CCC1(CC)OCC2(C)CCC(C)=CC21. The van der Waals surface area contributed by atoms with Gasteiger partial charge in [-0.2, -0.15) is 0 Å². The first-order valence-electron chi connectivity index (χ1n) is 25.5. The number of fused-ring (bicyclic) bond motifs is 4. The van der Waals surface area contributed by atoms with E-state index in [1.807, 2.05) is 0 Å². The summed E-state index contributed by atoms with van der Waals surface area (Å²) in [5.41, 5.74) is 8.43. The Kier molecular flexibility index (Phi) is 15.9. The molecule has 4 heteroatoms. The van der Waals surface area contributed by atoms with Crippen molar-refractivity contribution >= 4 is 0 Å². The highest BCUT2D eigenvalue weighted by Crippen LogP contribution is 2.58. The van der Waals surface area contributed by atoms with Gasteiger partial charge in [0.2, 0.25) is 0 Å². The zero-order chi connectivity index (χ0) is 44.4. The normalized spacial score (nSPS) is 38.7. The van der Waals surface area contributed by atoms with Crippen molar-refractivity contribution in [3.63, 3.8) is 0 Å². The lowest BCUT2D eigenvalue weighted by atomic mass is 9.63. The van der Waals surface area contributed by atoms with Crippen LogP contribution < -0.4 is 0 Å². The van der Waals surface area contributed by atoms with Gasteiger partial charge in [-0.05, 0) is 148 Å². The quantitative estimate of drug-likeness (QED) is 0.228. The molecule has 4 fully saturated rings. The largest absolute Gasteiger partial charge is 0.374 e. The summed E-state index contributed by atoms with van der Waals surface area (Å²) in [5.74, 6) is 2.87. The zero-order valence-corrected chi connectivity index (χ0v) is 42.4. The van der Waals surface area contributed by atoms with Gasteiger partial charge in [-0.15, -0.1) is 0 Å². The van der Waals surface area contributed by atoms with Crippen LogP contribution in [0.4, 0.5) is 0 Å². The monoisotopic (exact) mass is 833 g/mol. The van der Waals surface area contributed by atoms with Gasteiger partial charge in [0.25, 0.3) is 0 Å². The molecule has 60 heavy (non-hydrogen) atoms. The Morgan fingerprint density at radius 1 is 0.500 bits per heavy atom. The van der Waals surface area contributed by atoms with Gasteiger partial charge >= 0.3 is 0 Å². The Morgan fingerprint density at radius 3 is 1.58 bits per heavy atom. The second-order valence-electron chi connectivity index (χ2n) is 22.8. The minimum Gasteiger partial charge on any atom is -0.374 e. The molecule has 0 amide bonds. The van der Waals surface area contributed by atoms with Crippen LogP contribution in [0.2, 0.25) is 0 Å². The molecule has 4 heterocycles. The average Bonchev–Trinajstić information content (AvgIpc) is 3.92. The van der Waals surface area contributed by atoms with Gasteiger partial charge in [-0.25, -0.2) is 0 Å². The van der Waals surface area contributed by atoms with Crippen LogP contribution >= 0.6 is 0 Å². The smallest absolute Gasteiger partial charge is 0.0746 e. The molecule has 344 valence electrons. The van der Waals surface area contributed by atoms with E-state index in [0.29, 0.717) is 27.6 Å². The van der Waals surface area contributed by atoms with Gasteiger partial charge in [0.1, 0.15) is 0 Å². The Labute approximate surface area is 371 Å². The van der Waals surface area contributed by atoms with Crippen LogP contribution in [0, 0.1) is 45.3 Å². The van der Waals surface area contributed by atoms with Crippen molar-refractivity contribution in [3.05, 3.63) is 46.6 Å². The van der Waals surface area contributed by atoms with Crippen LogP contribution in [0.25, 0.3) is 0 Å². The molecule has 0 aromatic carbocycles. The van der Waals surface area contributed by atoms with E-state index < -0.39 is 0 Å². The van der Waals surface area contributed by atoms with Gasteiger partial charge in [0, 0.05) is 27.6 Å². The number of hydrogen-bond acceptors (Lipinski definition) is 4. The maximum absolute atomic E-state index is 6.20. The summed E-state index contributed by atoms with van der Waals surface area (Å²) >= 11 is 0. The van der Waals surface area contributed by atoms with Gasteiger partial charge in [0.15, 0.2) is 0 Å². The third kappa shape index (κ3) is 9.18. The first kappa shape index (κ1) is 49.8. The fourth-order valence-electron chi connectivity index (χ4n) is 14.6. The van der Waals surface area contributed by atoms with Crippen LogP contribution in [-0.2, 0) is 18.9 Å². The molecule has 4 nitrogen and oxygen atoms in total. The van der Waals surface area contributed by atoms with E-state index in [9.17, 15) is 0 Å². The van der Waals surface area contributed by atoms with Crippen molar-refractivity contribution in [1.29, 1.82) is 0 Å². The first-order chi connectivity index (χ1) is 28.2.